The van der Waals surface area contributed by atoms with E-state index in [0.29, 0.717) is 18.6 Å². The molecule has 1 unspecified atom stereocenters. The van der Waals surface area contributed by atoms with Gasteiger partial charge in [0.1, 0.15) is 0 Å². The van der Waals surface area contributed by atoms with Crippen molar-refractivity contribution >= 4 is 5.71 Å². The van der Waals surface area contributed by atoms with E-state index in [-0.39, 0.29) is 19.1 Å². The van der Waals surface area contributed by atoms with Crippen LogP contribution in [0.25, 0.3) is 0 Å². The summed E-state index contributed by atoms with van der Waals surface area (Å²) < 4.78 is 0. The molecule has 59 valence electrons. The average molecular weight is 144 g/mol. The molecule has 3 nitrogen and oxygen atoms in total. The highest BCUT2D eigenvalue weighted by molar-refractivity contribution is 5.83. The van der Waals surface area contributed by atoms with Gasteiger partial charge in [0.25, 0.3) is 0 Å². The third-order valence-corrected chi connectivity index (χ3v) is 1.57. The van der Waals surface area contributed by atoms with Gasteiger partial charge in [-0.2, -0.15) is 0 Å². The predicted octanol–water partition coefficient (Wildman–Crippen LogP) is 0.845. The van der Waals surface area contributed by atoms with Gasteiger partial charge in [0.15, 0.2) is 0 Å². The minimum Gasteiger partial charge on any atom is -0.396 e. The van der Waals surface area contributed by atoms with Gasteiger partial charge in [-0.1, -0.05) is 6.92 Å². The Morgan fingerprint density at radius 2 is 2.30 bits per heavy atom. The zero-order valence-electron chi connectivity index (χ0n) is 6.26. The van der Waals surface area contributed by atoms with Crippen molar-refractivity contribution in [3.8, 4) is 0 Å². The van der Waals surface area contributed by atoms with Gasteiger partial charge < -0.3 is 10.5 Å². The Morgan fingerprint density at radius 3 is 2.60 bits per heavy atom. The largest absolute Gasteiger partial charge is 0.396 e. The maximum absolute atomic E-state index is 10.4. The first kappa shape index (κ1) is 9.59. The average Bonchev–Trinajstić information content (AvgIpc) is 1.91. The molecule has 0 bridgehead atoms. The monoisotopic (exact) mass is 144 g/mol. The number of aliphatic hydroxyl groups is 1. The summed E-state index contributed by atoms with van der Waals surface area (Å²) in [6, 6.07) is 0. The standard InChI is InChI=1S/C7H14NO2/c1-2-6(5-10)7(8)3-4-9/h6,8-9H,2-5H2,1H3. The Hall–Kier alpha value is -0.410. The summed E-state index contributed by atoms with van der Waals surface area (Å²) >= 11 is 0. The van der Waals surface area contributed by atoms with E-state index in [1.165, 1.54) is 0 Å². The Balaban J connectivity index is 3.65. The molecule has 0 rings (SSSR count). The molecule has 0 saturated carbocycles. The lowest BCUT2D eigenvalue weighted by Gasteiger charge is -2.09. The molecule has 0 aliphatic heterocycles. The summed E-state index contributed by atoms with van der Waals surface area (Å²) in [6.07, 6.45) is 1.06. The fraction of sp³-hybridized carbons (Fsp3) is 0.857. The Bertz CT molecular complexity index is 99.8. The molecule has 0 aliphatic rings. The van der Waals surface area contributed by atoms with Crippen LogP contribution >= 0.6 is 0 Å². The summed E-state index contributed by atoms with van der Waals surface area (Å²) in [4.78, 5) is 0. The molecule has 2 N–H and O–H groups in total. The first-order valence-electron chi connectivity index (χ1n) is 3.52. The summed E-state index contributed by atoms with van der Waals surface area (Å²) in [5.74, 6) is -0.160. The Labute approximate surface area is 61.2 Å². The summed E-state index contributed by atoms with van der Waals surface area (Å²) in [5.41, 5.74) is 0.389. The lowest BCUT2D eigenvalue weighted by atomic mass is 9.99. The third kappa shape index (κ3) is 2.94. The predicted molar refractivity (Wildman–Crippen MR) is 38.8 cm³/mol. The second-order valence-corrected chi connectivity index (χ2v) is 2.27. The zero-order chi connectivity index (χ0) is 7.98. The van der Waals surface area contributed by atoms with Crippen LogP contribution in [0.15, 0.2) is 0 Å². The van der Waals surface area contributed by atoms with Crippen molar-refractivity contribution in [2.45, 2.75) is 19.8 Å². The number of nitrogens with one attached hydrogen (secondary N) is 1. The van der Waals surface area contributed by atoms with Crippen molar-refractivity contribution in [3.63, 3.8) is 0 Å². The second kappa shape index (κ2) is 5.38. The zero-order valence-corrected chi connectivity index (χ0v) is 6.26. The van der Waals surface area contributed by atoms with E-state index in [1.807, 2.05) is 6.92 Å². The van der Waals surface area contributed by atoms with Crippen LogP contribution in [-0.2, 0) is 5.11 Å². The van der Waals surface area contributed by atoms with Gasteiger partial charge in [0.2, 0.25) is 0 Å². The van der Waals surface area contributed by atoms with Gasteiger partial charge in [-0.3, -0.25) is 0 Å². The van der Waals surface area contributed by atoms with Gasteiger partial charge in [-0.15, -0.1) is 0 Å². The van der Waals surface area contributed by atoms with Crippen molar-refractivity contribution in [1.82, 2.24) is 0 Å². The van der Waals surface area contributed by atoms with Crippen LogP contribution in [0.4, 0.5) is 0 Å². The molecule has 0 saturated heterocycles. The number of hydrogen-bond donors (Lipinski definition) is 2. The van der Waals surface area contributed by atoms with Gasteiger partial charge in [-0.05, 0) is 6.42 Å². The summed E-state index contributed by atoms with van der Waals surface area (Å²) in [7, 11) is 0. The third-order valence-electron chi connectivity index (χ3n) is 1.57. The molecule has 0 aromatic rings. The van der Waals surface area contributed by atoms with Crippen molar-refractivity contribution < 1.29 is 10.2 Å². The van der Waals surface area contributed by atoms with Gasteiger partial charge in [-0.25, -0.2) is 5.11 Å². The van der Waals surface area contributed by atoms with E-state index < -0.39 is 0 Å². The van der Waals surface area contributed by atoms with Crippen molar-refractivity contribution in [1.29, 1.82) is 5.41 Å². The first-order valence-corrected chi connectivity index (χ1v) is 3.52. The molecule has 0 aliphatic carbocycles. The quantitative estimate of drug-likeness (QED) is 0.552. The Kier molecular flexibility index (Phi) is 5.16. The maximum Gasteiger partial charge on any atom is 0.0902 e. The normalized spacial score (nSPS) is 13.1. The van der Waals surface area contributed by atoms with E-state index >= 15 is 0 Å². The van der Waals surface area contributed by atoms with Crippen LogP contribution < -0.4 is 0 Å². The molecule has 0 aromatic heterocycles. The molecular weight excluding hydrogens is 130 g/mol. The van der Waals surface area contributed by atoms with E-state index in [1.54, 1.807) is 0 Å². The highest BCUT2D eigenvalue weighted by Gasteiger charge is 2.10. The molecule has 0 amide bonds. The van der Waals surface area contributed by atoms with Gasteiger partial charge in [0, 0.05) is 24.7 Å². The highest BCUT2D eigenvalue weighted by atomic mass is 16.3. The van der Waals surface area contributed by atoms with Crippen molar-refractivity contribution in [2.24, 2.45) is 5.92 Å². The molecule has 0 spiro atoms. The highest BCUT2D eigenvalue weighted by Crippen LogP contribution is 2.05. The van der Waals surface area contributed by atoms with Crippen LogP contribution in [-0.4, -0.2) is 24.0 Å². The molecule has 1 radical (unpaired) electrons. The van der Waals surface area contributed by atoms with E-state index in [9.17, 15) is 5.11 Å². The van der Waals surface area contributed by atoms with E-state index in [0.717, 1.165) is 0 Å². The topological polar surface area (TPSA) is 64.0 Å². The fourth-order valence-corrected chi connectivity index (χ4v) is 0.789. The molecule has 0 heterocycles. The van der Waals surface area contributed by atoms with Gasteiger partial charge in [0.05, 0.1) is 6.61 Å². The van der Waals surface area contributed by atoms with Crippen LogP contribution in [0.1, 0.15) is 19.8 Å². The van der Waals surface area contributed by atoms with Crippen LogP contribution in [0.5, 0.6) is 0 Å². The molecular formula is C7H14NO2. The molecule has 1 atom stereocenters. The lowest BCUT2D eigenvalue weighted by Crippen LogP contribution is -2.17. The molecule has 3 heteroatoms. The van der Waals surface area contributed by atoms with Crippen LogP contribution in [0.2, 0.25) is 0 Å². The number of hydrogen-bond acceptors (Lipinski definition) is 2. The fourth-order valence-electron chi connectivity index (χ4n) is 0.789. The molecule has 0 fully saturated rings. The van der Waals surface area contributed by atoms with E-state index in [2.05, 4.69) is 0 Å². The van der Waals surface area contributed by atoms with Crippen molar-refractivity contribution in [3.05, 3.63) is 0 Å². The molecule has 0 aromatic carbocycles. The van der Waals surface area contributed by atoms with Gasteiger partial charge >= 0.3 is 0 Å². The SMILES string of the molecule is CCC(C[O])C(=N)CCO. The van der Waals surface area contributed by atoms with E-state index in [4.69, 9.17) is 10.5 Å². The summed E-state index contributed by atoms with van der Waals surface area (Å²) in [6.45, 7) is 1.64. The summed E-state index contributed by atoms with van der Waals surface area (Å²) in [5, 5.41) is 26.1. The lowest BCUT2D eigenvalue weighted by molar-refractivity contribution is 0.165. The Morgan fingerprint density at radius 1 is 1.70 bits per heavy atom. The number of rotatable bonds is 5. The number of aliphatic hydroxyl groups excluding tert-OH is 1. The van der Waals surface area contributed by atoms with Crippen LogP contribution in [0, 0.1) is 11.3 Å². The van der Waals surface area contributed by atoms with Crippen molar-refractivity contribution in [2.75, 3.05) is 13.2 Å². The minimum atomic E-state index is -0.227. The van der Waals surface area contributed by atoms with Crippen LogP contribution in [0.3, 0.4) is 0 Å². The molecule has 10 heavy (non-hydrogen) atoms. The minimum absolute atomic E-state index is 0.0185. The smallest absolute Gasteiger partial charge is 0.0902 e. The maximum atomic E-state index is 10.4. The second-order valence-electron chi connectivity index (χ2n) is 2.27. The first-order chi connectivity index (χ1) is 4.76.